The largest absolute Gasteiger partial charge is 0.573 e. The maximum Gasteiger partial charge on any atom is 0.573 e. The van der Waals surface area contributed by atoms with Gasteiger partial charge in [-0.25, -0.2) is 0 Å². The van der Waals surface area contributed by atoms with Gasteiger partial charge in [-0.15, -0.1) is 13.2 Å². The first-order valence-electron chi connectivity index (χ1n) is 6.05. The monoisotopic (exact) mass is 281 g/mol. The van der Waals surface area contributed by atoms with E-state index in [-0.39, 0.29) is 5.75 Å². The molecule has 0 radical (unpaired) electrons. The maximum absolute atomic E-state index is 12.1. The van der Waals surface area contributed by atoms with Gasteiger partial charge in [-0.3, -0.25) is 0 Å². The van der Waals surface area contributed by atoms with Crippen LogP contribution in [0.3, 0.4) is 0 Å². The fraction of sp³-hybridized carbons (Fsp3) is 0.200. The minimum atomic E-state index is -4.67. The highest BCUT2D eigenvalue weighted by molar-refractivity contribution is 5.68. The highest BCUT2D eigenvalue weighted by Crippen LogP contribution is 2.28. The molecule has 0 aliphatic heterocycles. The van der Waals surface area contributed by atoms with Gasteiger partial charge in [0.25, 0.3) is 0 Å². The van der Waals surface area contributed by atoms with E-state index in [9.17, 15) is 13.2 Å². The third-order valence-corrected chi connectivity index (χ3v) is 2.93. The molecule has 20 heavy (non-hydrogen) atoms. The molecule has 106 valence electrons. The van der Waals surface area contributed by atoms with Crippen molar-refractivity contribution in [2.24, 2.45) is 5.73 Å². The second kappa shape index (κ2) is 5.54. The number of hydrogen-bond acceptors (Lipinski definition) is 2. The van der Waals surface area contributed by atoms with E-state index < -0.39 is 6.36 Å². The lowest BCUT2D eigenvalue weighted by Crippen LogP contribution is -2.16. The van der Waals surface area contributed by atoms with Crippen molar-refractivity contribution >= 4 is 0 Å². The van der Waals surface area contributed by atoms with Crippen LogP contribution in [0.4, 0.5) is 13.2 Å². The molecular weight excluding hydrogens is 267 g/mol. The molecule has 5 heteroatoms. The number of ether oxygens (including phenoxy) is 1. The Morgan fingerprint density at radius 3 is 2.20 bits per heavy atom. The summed E-state index contributed by atoms with van der Waals surface area (Å²) in [5, 5.41) is 0. The molecule has 0 atom stereocenters. The summed E-state index contributed by atoms with van der Waals surface area (Å²) < 4.78 is 40.1. The van der Waals surface area contributed by atoms with E-state index in [4.69, 9.17) is 5.73 Å². The summed E-state index contributed by atoms with van der Waals surface area (Å²) in [5.74, 6) is -0.225. The van der Waals surface area contributed by atoms with Gasteiger partial charge in [-0.1, -0.05) is 30.3 Å². The first-order valence-corrected chi connectivity index (χ1v) is 6.05. The molecule has 2 N–H and O–H groups in total. The zero-order chi connectivity index (χ0) is 14.8. The summed E-state index contributed by atoms with van der Waals surface area (Å²) in [4.78, 5) is 0. The van der Waals surface area contributed by atoms with Crippen molar-refractivity contribution < 1.29 is 17.9 Å². The van der Waals surface area contributed by atoms with E-state index in [1.807, 2.05) is 25.1 Å². The summed E-state index contributed by atoms with van der Waals surface area (Å²) in [6, 6.07) is 11.6. The minimum Gasteiger partial charge on any atom is -0.406 e. The highest BCUT2D eigenvalue weighted by Gasteiger charge is 2.30. The Bertz CT molecular complexity index is 591. The lowest BCUT2D eigenvalue weighted by Gasteiger charge is -2.11. The Labute approximate surface area is 115 Å². The molecule has 0 heterocycles. The average molecular weight is 281 g/mol. The minimum absolute atomic E-state index is 0.225. The van der Waals surface area contributed by atoms with Crippen molar-refractivity contribution in [3.05, 3.63) is 53.6 Å². The van der Waals surface area contributed by atoms with Crippen LogP contribution in [0.5, 0.6) is 5.75 Å². The average Bonchev–Trinajstić information content (AvgIpc) is 2.38. The van der Waals surface area contributed by atoms with Crippen LogP contribution in [0.1, 0.15) is 11.1 Å². The van der Waals surface area contributed by atoms with Gasteiger partial charge in [0, 0.05) is 6.54 Å². The molecule has 0 aromatic heterocycles. The number of rotatable bonds is 3. The number of alkyl halides is 3. The van der Waals surface area contributed by atoms with Crippen LogP contribution < -0.4 is 10.5 Å². The molecule has 0 aliphatic rings. The second-order valence-electron chi connectivity index (χ2n) is 4.43. The van der Waals surface area contributed by atoms with Crippen molar-refractivity contribution in [3.63, 3.8) is 0 Å². The van der Waals surface area contributed by atoms with Crippen LogP contribution in [-0.2, 0) is 6.54 Å². The SMILES string of the molecule is Cc1cc(CN)ccc1-c1ccc(OC(F)(F)F)cc1. The molecular formula is C15H14F3NO. The molecule has 0 aliphatic carbocycles. The van der Waals surface area contributed by atoms with Gasteiger partial charge in [0.15, 0.2) is 0 Å². The number of hydrogen-bond donors (Lipinski definition) is 1. The predicted octanol–water partition coefficient (Wildman–Crippen LogP) is 4.02. The van der Waals surface area contributed by atoms with Gasteiger partial charge >= 0.3 is 6.36 Å². The van der Waals surface area contributed by atoms with Crippen molar-refractivity contribution in [1.29, 1.82) is 0 Å². The summed E-state index contributed by atoms with van der Waals surface area (Å²) in [6.45, 7) is 2.40. The van der Waals surface area contributed by atoms with Crippen molar-refractivity contribution in [3.8, 4) is 16.9 Å². The lowest BCUT2D eigenvalue weighted by atomic mass is 9.98. The third kappa shape index (κ3) is 3.51. The first kappa shape index (κ1) is 14.4. The zero-order valence-corrected chi connectivity index (χ0v) is 10.9. The molecule has 0 spiro atoms. The fourth-order valence-electron chi connectivity index (χ4n) is 2.01. The van der Waals surface area contributed by atoms with Crippen LogP contribution >= 0.6 is 0 Å². The number of benzene rings is 2. The van der Waals surface area contributed by atoms with E-state index in [2.05, 4.69) is 4.74 Å². The Hall–Kier alpha value is -2.01. The normalized spacial score (nSPS) is 11.4. The lowest BCUT2D eigenvalue weighted by molar-refractivity contribution is -0.274. The van der Waals surface area contributed by atoms with Gasteiger partial charge in [0.1, 0.15) is 5.75 Å². The van der Waals surface area contributed by atoms with Crippen molar-refractivity contribution in [1.82, 2.24) is 0 Å². The Kier molecular flexibility index (Phi) is 3.99. The van der Waals surface area contributed by atoms with Gasteiger partial charge < -0.3 is 10.5 Å². The predicted molar refractivity (Wildman–Crippen MR) is 71.2 cm³/mol. The molecule has 2 aromatic rings. The van der Waals surface area contributed by atoms with E-state index >= 15 is 0 Å². The van der Waals surface area contributed by atoms with E-state index in [1.165, 1.54) is 12.1 Å². The Morgan fingerprint density at radius 2 is 1.70 bits per heavy atom. The zero-order valence-electron chi connectivity index (χ0n) is 10.9. The molecule has 0 fully saturated rings. The topological polar surface area (TPSA) is 35.2 Å². The van der Waals surface area contributed by atoms with Crippen LogP contribution in [-0.4, -0.2) is 6.36 Å². The van der Waals surface area contributed by atoms with Gasteiger partial charge in [-0.2, -0.15) is 0 Å². The molecule has 2 rings (SSSR count). The van der Waals surface area contributed by atoms with Gasteiger partial charge in [0.05, 0.1) is 0 Å². The molecule has 0 saturated heterocycles. The molecule has 0 saturated carbocycles. The van der Waals surface area contributed by atoms with Crippen LogP contribution in [0.2, 0.25) is 0 Å². The van der Waals surface area contributed by atoms with Crippen molar-refractivity contribution in [2.45, 2.75) is 19.8 Å². The molecule has 0 amide bonds. The fourth-order valence-corrected chi connectivity index (χ4v) is 2.01. The molecule has 0 bridgehead atoms. The van der Waals surface area contributed by atoms with Crippen LogP contribution in [0.15, 0.2) is 42.5 Å². The summed E-state index contributed by atoms with van der Waals surface area (Å²) >= 11 is 0. The standard InChI is InChI=1S/C15H14F3NO/c1-10-8-11(9-19)2-7-14(10)12-3-5-13(6-4-12)20-15(16,17)18/h2-8H,9,19H2,1H3. The van der Waals surface area contributed by atoms with Crippen molar-refractivity contribution in [2.75, 3.05) is 0 Å². The van der Waals surface area contributed by atoms with E-state index in [1.54, 1.807) is 12.1 Å². The number of halogens is 3. The Morgan fingerprint density at radius 1 is 1.05 bits per heavy atom. The molecule has 2 aromatic carbocycles. The number of nitrogens with two attached hydrogens (primary N) is 1. The third-order valence-electron chi connectivity index (χ3n) is 2.93. The maximum atomic E-state index is 12.1. The molecule has 0 unspecified atom stereocenters. The highest BCUT2D eigenvalue weighted by atomic mass is 19.4. The Balaban J connectivity index is 2.26. The molecule has 2 nitrogen and oxygen atoms in total. The van der Waals surface area contributed by atoms with Gasteiger partial charge in [-0.05, 0) is 41.3 Å². The first-order chi connectivity index (χ1) is 9.39. The summed E-state index contributed by atoms with van der Waals surface area (Å²) in [5.41, 5.74) is 9.40. The summed E-state index contributed by atoms with van der Waals surface area (Å²) in [6.07, 6.45) is -4.67. The van der Waals surface area contributed by atoms with E-state index in [0.29, 0.717) is 6.54 Å². The number of aryl methyl sites for hydroxylation is 1. The van der Waals surface area contributed by atoms with E-state index in [0.717, 1.165) is 22.3 Å². The quantitative estimate of drug-likeness (QED) is 0.922. The van der Waals surface area contributed by atoms with Crippen LogP contribution in [0.25, 0.3) is 11.1 Å². The second-order valence-corrected chi connectivity index (χ2v) is 4.43. The van der Waals surface area contributed by atoms with Crippen LogP contribution in [0, 0.1) is 6.92 Å². The van der Waals surface area contributed by atoms with Gasteiger partial charge in [0.2, 0.25) is 0 Å². The smallest absolute Gasteiger partial charge is 0.406 e. The summed E-state index contributed by atoms with van der Waals surface area (Å²) in [7, 11) is 0.